The summed E-state index contributed by atoms with van der Waals surface area (Å²) >= 11 is 0. The minimum atomic E-state index is -1.11. The fourth-order valence-electron chi connectivity index (χ4n) is 3.14. The second-order valence-corrected chi connectivity index (χ2v) is 7.09. The largest absolute Gasteiger partial charge is 0.449 e. The number of benzene rings is 1. The van der Waals surface area contributed by atoms with Gasteiger partial charge < -0.3 is 10.1 Å². The molecule has 0 spiro atoms. The quantitative estimate of drug-likeness (QED) is 0.784. The molecule has 1 aromatic carbocycles. The predicted octanol–water partition coefficient (Wildman–Crippen LogP) is 2.56. The maximum Gasteiger partial charge on any atom is 0.338 e. The Hall–Kier alpha value is -3.03. The van der Waals surface area contributed by atoms with E-state index in [-0.39, 0.29) is 11.6 Å². The molecule has 148 valence electrons. The van der Waals surface area contributed by atoms with Gasteiger partial charge in [0.2, 0.25) is 0 Å². The normalized spacial score (nSPS) is 15.2. The van der Waals surface area contributed by atoms with Crippen LogP contribution in [0.25, 0.3) is 11.0 Å². The van der Waals surface area contributed by atoms with Gasteiger partial charge in [0.1, 0.15) is 0 Å². The maximum absolute atomic E-state index is 12.4. The minimum absolute atomic E-state index is 0.0939. The number of carbonyl (C=O) groups excluding carboxylic acids is 3. The Morgan fingerprint density at radius 3 is 2.39 bits per heavy atom. The average molecular weight is 384 g/mol. The molecule has 1 atom stereocenters. The standard InChI is InChI=1S/C20H24N4O4/c1-11-12(2)22-17-10-14(8-9-16(17)21-11)19(26)28-13(3)18(25)24-20(27)23-15-6-4-5-7-15/h8-10,13,15H,4-7H2,1-3H3,(H2,23,24,25,27)/t13-/m1/s1. The molecule has 0 aliphatic heterocycles. The molecule has 2 aromatic rings. The Morgan fingerprint density at radius 2 is 1.71 bits per heavy atom. The summed E-state index contributed by atoms with van der Waals surface area (Å²) in [4.78, 5) is 45.2. The first-order chi connectivity index (χ1) is 13.3. The lowest BCUT2D eigenvalue weighted by atomic mass is 10.2. The number of amides is 3. The Labute approximate surface area is 163 Å². The number of aromatic nitrogens is 2. The summed E-state index contributed by atoms with van der Waals surface area (Å²) in [6, 6.07) is 4.37. The molecule has 0 bridgehead atoms. The highest BCUT2D eigenvalue weighted by Gasteiger charge is 2.23. The van der Waals surface area contributed by atoms with Gasteiger partial charge in [-0.3, -0.25) is 10.1 Å². The van der Waals surface area contributed by atoms with E-state index in [1.807, 2.05) is 13.8 Å². The lowest BCUT2D eigenvalue weighted by Gasteiger charge is -2.15. The van der Waals surface area contributed by atoms with E-state index in [1.54, 1.807) is 18.2 Å². The number of imide groups is 1. The molecule has 3 rings (SSSR count). The zero-order valence-electron chi connectivity index (χ0n) is 16.2. The minimum Gasteiger partial charge on any atom is -0.449 e. The van der Waals surface area contributed by atoms with Gasteiger partial charge in [-0.25, -0.2) is 19.6 Å². The SMILES string of the molecule is Cc1nc2ccc(C(=O)O[C@H](C)C(=O)NC(=O)NC3CCCC3)cc2nc1C. The second-order valence-electron chi connectivity index (χ2n) is 7.09. The number of esters is 1. The number of fused-ring (bicyclic) bond motifs is 1. The third kappa shape index (κ3) is 4.62. The Bertz CT molecular complexity index is 922. The molecular formula is C20H24N4O4. The first-order valence-electron chi connectivity index (χ1n) is 9.41. The maximum atomic E-state index is 12.4. The van der Waals surface area contributed by atoms with Crippen molar-refractivity contribution in [2.45, 2.75) is 58.6 Å². The van der Waals surface area contributed by atoms with E-state index in [0.29, 0.717) is 11.0 Å². The number of hydrogen-bond donors (Lipinski definition) is 2. The van der Waals surface area contributed by atoms with Crippen LogP contribution in [-0.4, -0.2) is 40.0 Å². The first-order valence-corrected chi connectivity index (χ1v) is 9.41. The van der Waals surface area contributed by atoms with Crippen molar-refractivity contribution in [1.82, 2.24) is 20.6 Å². The molecular weight excluding hydrogens is 360 g/mol. The summed E-state index contributed by atoms with van der Waals surface area (Å²) in [5.74, 6) is -1.34. The zero-order chi connectivity index (χ0) is 20.3. The molecule has 0 saturated heterocycles. The fraction of sp³-hybridized carbons (Fsp3) is 0.450. The van der Waals surface area contributed by atoms with Crippen molar-refractivity contribution in [2.75, 3.05) is 0 Å². The smallest absolute Gasteiger partial charge is 0.338 e. The zero-order valence-corrected chi connectivity index (χ0v) is 16.2. The van der Waals surface area contributed by atoms with Gasteiger partial charge in [-0.2, -0.15) is 0 Å². The van der Waals surface area contributed by atoms with Crippen LogP contribution in [0.4, 0.5) is 4.79 Å². The fourth-order valence-corrected chi connectivity index (χ4v) is 3.14. The van der Waals surface area contributed by atoms with Gasteiger partial charge in [0.15, 0.2) is 6.10 Å². The van der Waals surface area contributed by atoms with Crippen molar-refractivity contribution in [2.24, 2.45) is 0 Å². The van der Waals surface area contributed by atoms with Crippen LogP contribution in [0, 0.1) is 13.8 Å². The summed E-state index contributed by atoms with van der Waals surface area (Å²) < 4.78 is 5.19. The molecule has 3 amide bonds. The number of aryl methyl sites for hydroxylation is 2. The predicted molar refractivity (Wildman–Crippen MR) is 103 cm³/mol. The highest BCUT2D eigenvalue weighted by molar-refractivity contribution is 5.99. The number of nitrogens with one attached hydrogen (secondary N) is 2. The van der Waals surface area contributed by atoms with Crippen molar-refractivity contribution in [3.63, 3.8) is 0 Å². The van der Waals surface area contributed by atoms with E-state index >= 15 is 0 Å². The van der Waals surface area contributed by atoms with Crippen LogP contribution in [0.1, 0.15) is 54.4 Å². The van der Waals surface area contributed by atoms with Crippen LogP contribution in [0.3, 0.4) is 0 Å². The van der Waals surface area contributed by atoms with Crippen LogP contribution in [0.15, 0.2) is 18.2 Å². The van der Waals surface area contributed by atoms with Gasteiger partial charge in [0, 0.05) is 6.04 Å². The number of nitrogens with zero attached hydrogens (tertiary/aromatic N) is 2. The Kier molecular flexibility index (Phi) is 5.87. The van der Waals surface area contributed by atoms with E-state index in [4.69, 9.17) is 4.74 Å². The van der Waals surface area contributed by atoms with Crippen molar-refractivity contribution >= 4 is 28.9 Å². The van der Waals surface area contributed by atoms with Gasteiger partial charge in [-0.1, -0.05) is 12.8 Å². The van der Waals surface area contributed by atoms with E-state index in [2.05, 4.69) is 20.6 Å². The third-order valence-electron chi connectivity index (χ3n) is 4.89. The highest BCUT2D eigenvalue weighted by Crippen LogP contribution is 2.17. The summed E-state index contributed by atoms with van der Waals surface area (Å²) in [6.45, 7) is 5.13. The Balaban J connectivity index is 1.59. The first kappa shape index (κ1) is 19.7. The van der Waals surface area contributed by atoms with Crippen LogP contribution in [-0.2, 0) is 9.53 Å². The van der Waals surface area contributed by atoms with Gasteiger partial charge in [0.25, 0.3) is 5.91 Å². The molecule has 1 aromatic heterocycles. The van der Waals surface area contributed by atoms with Gasteiger partial charge >= 0.3 is 12.0 Å². The lowest BCUT2D eigenvalue weighted by Crippen LogP contribution is -2.47. The monoisotopic (exact) mass is 384 g/mol. The molecule has 1 aliphatic rings. The number of rotatable bonds is 4. The number of urea groups is 1. The molecule has 8 nitrogen and oxygen atoms in total. The number of carbonyl (C=O) groups is 3. The molecule has 8 heteroatoms. The van der Waals surface area contributed by atoms with E-state index in [9.17, 15) is 14.4 Å². The van der Waals surface area contributed by atoms with Crippen LogP contribution in [0.5, 0.6) is 0 Å². The molecule has 0 unspecified atom stereocenters. The molecule has 1 saturated carbocycles. The van der Waals surface area contributed by atoms with Gasteiger partial charge in [0.05, 0.1) is 28.0 Å². The van der Waals surface area contributed by atoms with E-state index in [0.717, 1.165) is 37.1 Å². The van der Waals surface area contributed by atoms with Crippen molar-refractivity contribution in [3.8, 4) is 0 Å². The van der Waals surface area contributed by atoms with E-state index < -0.39 is 24.0 Å². The van der Waals surface area contributed by atoms with Crippen LogP contribution >= 0.6 is 0 Å². The van der Waals surface area contributed by atoms with Crippen LogP contribution in [0.2, 0.25) is 0 Å². The molecule has 0 radical (unpaired) electrons. The van der Waals surface area contributed by atoms with Gasteiger partial charge in [-0.05, 0) is 51.8 Å². The lowest BCUT2D eigenvalue weighted by molar-refractivity contribution is -0.127. The summed E-state index contributed by atoms with van der Waals surface area (Å²) in [7, 11) is 0. The topological polar surface area (TPSA) is 110 Å². The van der Waals surface area contributed by atoms with Crippen molar-refractivity contribution in [1.29, 1.82) is 0 Å². The summed E-state index contributed by atoms with van der Waals surface area (Å²) in [5, 5.41) is 4.97. The Morgan fingerprint density at radius 1 is 1.07 bits per heavy atom. The van der Waals surface area contributed by atoms with Gasteiger partial charge in [-0.15, -0.1) is 0 Å². The summed E-state index contributed by atoms with van der Waals surface area (Å²) in [6.07, 6.45) is 2.86. The van der Waals surface area contributed by atoms with Crippen molar-refractivity contribution in [3.05, 3.63) is 35.2 Å². The average Bonchev–Trinajstić information content (AvgIpc) is 3.14. The summed E-state index contributed by atoms with van der Waals surface area (Å²) in [5.41, 5.74) is 3.11. The van der Waals surface area contributed by atoms with Crippen molar-refractivity contribution < 1.29 is 19.1 Å². The highest BCUT2D eigenvalue weighted by atomic mass is 16.5. The molecule has 1 fully saturated rings. The number of hydrogen-bond acceptors (Lipinski definition) is 6. The van der Waals surface area contributed by atoms with E-state index in [1.165, 1.54) is 6.92 Å². The molecule has 1 aliphatic carbocycles. The molecule has 28 heavy (non-hydrogen) atoms. The molecule has 2 N–H and O–H groups in total. The number of ether oxygens (including phenoxy) is 1. The molecule has 1 heterocycles. The third-order valence-corrected chi connectivity index (χ3v) is 4.89. The second kappa shape index (κ2) is 8.33. The van der Waals surface area contributed by atoms with Crippen LogP contribution < -0.4 is 10.6 Å².